The Morgan fingerprint density at radius 3 is 2.02 bits per heavy atom. The first-order valence-electron chi connectivity index (χ1n) is 17.8. The third-order valence-corrected chi connectivity index (χ3v) is 9.54. The maximum atomic E-state index is 14.0. The fourth-order valence-corrected chi connectivity index (χ4v) is 6.42. The first-order chi connectivity index (χ1) is 23.4. The number of Topliss-reactive ketones (excluding diaryl/α,β-unsaturated/α-hetero) is 3. The lowest BCUT2D eigenvalue weighted by molar-refractivity contribution is -0.127. The van der Waals surface area contributed by atoms with Crippen molar-refractivity contribution in [2.24, 2.45) is 5.41 Å². The minimum absolute atomic E-state index is 0.00631. The minimum Gasteiger partial charge on any atom is -0.511 e. The quantitative estimate of drug-likeness (QED) is 0.0764. The zero-order chi connectivity index (χ0) is 37.6. The van der Waals surface area contributed by atoms with Crippen molar-refractivity contribution in [2.75, 3.05) is 0 Å². The summed E-state index contributed by atoms with van der Waals surface area (Å²) in [6.45, 7) is 17.0. The molecule has 8 heteroatoms. The first-order valence-corrected chi connectivity index (χ1v) is 17.8. The average Bonchev–Trinajstić information content (AvgIpc) is 3.02. The van der Waals surface area contributed by atoms with Crippen LogP contribution in [0.3, 0.4) is 0 Å². The summed E-state index contributed by atoms with van der Waals surface area (Å²) in [7, 11) is 0. The molecule has 0 radical (unpaired) electrons. The Kier molecular flexibility index (Phi) is 13.3. The second-order valence-electron chi connectivity index (χ2n) is 14.7. The standard InChI is InChI=1S/C42H56O8/c1-10-14-31(43)33-36(46)29(35(45)28-20-22-41(8,50-38(28)33)21-13-17-26(5)6)24-30-37(47)34(32(44)15-11-2)40(49)42(9,39(30)48)23-19-27(7)18-12-16-25(3)4/h16-17,19-20,22,45-48H,10-15,18,21,23-24H2,1-9H3. The highest BCUT2D eigenvalue weighted by molar-refractivity contribution is 6.24. The number of aliphatic hydroxyl groups excluding tert-OH is 2. The van der Waals surface area contributed by atoms with Crippen molar-refractivity contribution in [3.8, 4) is 17.2 Å². The number of phenolic OH excluding ortho intramolecular Hbond substituents is 2. The van der Waals surface area contributed by atoms with E-state index in [9.17, 15) is 34.8 Å². The summed E-state index contributed by atoms with van der Waals surface area (Å²) < 4.78 is 6.39. The molecule has 4 N–H and O–H groups in total. The number of hydrogen-bond donors (Lipinski definition) is 4. The van der Waals surface area contributed by atoms with E-state index in [2.05, 4.69) is 12.2 Å². The number of carbonyl (C=O) groups is 3. The lowest BCUT2D eigenvalue weighted by Crippen LogP contribution is -2.39. The van der Waals surface area contributed by atoms with E-state index in [0.717, 1.165) is 24.0 Å². The van der Waals surface area contributed by atoms with E-state index in [1.807, 2.05) is 54.5 Å². The molecule has 1 aliphatic heterocycles. The molecule has 0 fully saturated rings. The summed E-state index contributed by atoms with van der Waals surface area (Å²) in [5.74, 6) is -3.65. The molecule has 1 heterocycles. The summed E-state index contributed by atoms with van der Waals surface area (Å²) in [6.07, 6.45) is 13.0. The molecule has 0 aromatic heterocycles. The van der Waals surface area contributed by atoms with E-state index in [4.69, 9.17) is 4.74 Å². The highest BCUT2D eigenvalue weighted by atomic mass is 16.5. The van der Waals surface area contributed by atoms with Gasteiger partial charge in [-0.1, -0.05) is 48.8 Å². The van der Waals surface area contributed by atoms with Gasteiger partial charge in [0.05, 0.1) is 11.0 Å². The van der Waals surface area contributed by atoms with Gasteiger partial charge in [0, 0.05) is 30.4 Å². The molecule has 3 rings (SSSR count). The number of aliphatic hydroxyl groups is 2. The van der Waals surface area contributed by atoms with Crippen LogP contribution in [0, 0.1) is 5.41 Å². The lowest BCUT2D eigenvalue weighted by Gasteiger charge is -2.35. The number of hydrogen-bond acceptors (Lipinski definition) is 8. The lowest BCUT2D eigenvalue weighted by atomic mass is 9.69. The van der Waals surface area contributed by atoms with Gasteiger partial charge in [0.25, 0.3) is 0 Å². The number of ether oxygens (including phenoxy) is 1. The molecule has 2 aliphatic rings. The number of rotatable bonds is 16. The van der Waals surface area contributed by atoms with Crippen LogP contribution in [0.4, 0.5) is 0 Å². The second-order valence-corrected chi connectivity index (χ2v) is 14.7. The molecule has 0 saturated carbocycles. The molecule has 2 unspecified atom stereocenters. The topological polar surface area (TPSA) is 141 Å². The van der Waals surface area contributed by atoms with E-state index >= 15 is 0 Å². The van der Waals surface area contributed by atoms with Gasteiger partial charge in [-0.05, 0) is 106 Å². The molecule has 1 aromatic carbocycles. The summed E-state index contributed by atoms with van der Waals surface area (Å²) in [5.41, 5.74) is 0.305. The molecule has 0 amide bonds. The highest BCUT2D eigenvalue weighted by Gasteiger charge is 2.48. The maximum Gasteiger partial charge on any atom is 0.183 e. The van der Waals surface area contributed by atoms with Crippen LogP contribution in [0.5, 0.6) is 17.2 Å². The van der Waals surface area contributed by atoms with E-state index in [0.29, 0.717) is 25.7 Å². The maximum absolute atomic E-state index is 14.0. The molecule has 50 heavy (non-hydrogen) atoms. The number of allylic oxidation sites excluding steroid dienone is 9. The third kappa shape index (κ3) is 8.69. The summed E-state index contributed by atoms with van der Waals surface area (Å²) in [4.78, 5) is 40.9. The Hall–Kier alpha value is -4.33. The summed E-state index contributed by atoms with van der Waals surface area (Å²) in [6, 6.07) is 0. The number of aromatic hydroxyl groups is 2. The van der Waals surface area contributed by atoms with E-state index < -0.39 is 63.4 Å². The van der Waals surface area contributed by atoms with Crippen LogP contribution in [0.25, 0.3) is 6.08 Å². The molecule has 1 aromatic rings. The molecular weight excluding hydrogens is 632 g/mol. The van der Waals surface area contributed by atoms with Gasteiger partial charge in [0.1, 0.15) is 45.5 Å². The number of benzene rings is 1. The minimum atomic E-state index is -1.60. The number of ketones is 3. The van der Waals surface area contributed by atoms with Crippen LogP contribution < -0.4 is 4.74 Å². The zero-order valence-corrected chi connectivity index (χ0v) is 31.4. The SMILES string of the molecule is CCCC(=O)C1=C(O)C(Cc2c(O)c3c(c(C(=O)CCC)c2O)OC(C)(CCC=C(C)C)C=C3)=C(O)C(C)(CC=C(C)CCC=C(C)C)C1=O. The van der Waals surface area contributed by atoms with E-state index in [1.165, 1.54) is 12.5 Å². The van der Waals surface area contributed by atoms with Crippen molar-refractivity contribution < 1.29 is 39.5 Å². The van der Waals surface area contributed by atoms with Gasteiger partial charge in [0.15, 0.2) is 17.3 Å². The van der Waals surface area contributed by atoms with Gasteiger partial charge in [-0.25, -0.2) is 0 Å². The van der Waals surface area contributed by atoms with E-state index in [1.54, 1.807) is 19.1 Å². The molecule has 1 aliphatic carbocycles. The molecule has 0 bridgehead atoms. The van der Waals surface area contributed by atoms with Gasteiger partial charge in [-0.15, -0.1) is 0 Å². The van der Waals surface area contributed by atoms with Gasteiger partial charge in [-0.3, -0.25) is 14.4 Å². The normalized spacial score (nSPS) is 20.4. The highest BCUT2D eigenvalue weighted by Crippen LogP contribution is 2.51. The zero-order valence-electron chi connectivity index (χ0n) is 31.4. The number of fused-ring (bicyclic) bond motifs is 1. The van der Waals surface area contributed by atoms with Gasteiger partial charge in [0.2, 0.25) is 0 Å². The molecule has 0 spiro atoms. The van der Waals surface area contributed by atoms with Gasteiger partial charge in [-0.2, -0.15) is 0 Å². The van der Waals surface area contributed by atoms with Crippen molar-refractivity contribution >= 4 is 23.4 Å². The van der Waals surface area contributed by atoms with Gasteiger partial charge >= 0.3 is 0 Å². The summed E-state index contributed by atoms with van der Waals surface area (Å²) in [5, 5.41) is 46.7. The van der Waals surface area contributed by atoms with Crippen LogP contribution in [0.1, 0.15) is 142 Å². The smallest absolute Gasteiger partial charge is 0.183 e. The predicted molar refractivity (Wildman–Crippen MR) is 199 cm³/mol. The fraction of sp³-hybridized carbons (Fsp3) is 0.500. The van der Waals surface area contributed by atoms with Crippen molar-refractivity contribution in [1.29, 1.82) is 0 Å². The van der Waals surface area contributed by atoms with Crippen molar-refractivity contribution in [1.82, 2.24) is 0 Å². The third-order valence-electron chi connectivity index (χ3n) is 9.54. The Bertz CT molecular complexity index is 1700. The monoisotopic (exact) mass is 688 g/mol. The van der Waals surface area contributed by atoms with E-state index in [-0.39, 0.29) is 47.3 Å². The van der Waals surface area contributed by atoms with Crippen LogP contribution in [-0.4, -0.2) is 43.4 Å². The van der Waals surface area contributed by atoms with Crippen LogP contribution in [-0.2, 0) is 16.0 Å². The van der Waals surface area contributed by atoms with Crippen molar-refractivity contribution in [2.45, 2.75) is 132 Å². The Morgan fingerprint density at radius 2 is 1.42 bits per heavy atom. The average molecular weight is 689 g/mol. The Morgan fingerprint density at radius 1 is 0.820 bits per heavy atom. The Balaban J connectivity index is 2.23. The predicted octanol–water partition coefficient (Wildman–Crippen LogP) is 10.2. The molecule has 272 valence electrons. The number of phenols is 2. The van der Waals surface area contributed by atoms with Crippen molar-refractivity contribution in [3.05, 3.63) is 80.4 Å². The number of carbonyl (C=O) groups excluding carboxylic acids is 3. The molecule has 8 nitrogen and oxygen atoms in total. The molecular formula is C42H56O8. The summed E-state index contributed by atoms with van der Waals surface area (Å²) >= 11 is 0. The largest absolute Gasteiger partial charge is 0.511 e. The fourth-order valence-electron chi connectivity index (χ4n) is 6.42. The van der Waals surface area contributed by atoms with Crippen LogP contribution in [0.15, 0.2) is 63.7 Å². The van der Waals surface area contributed by atoms with Crippen LogP contribution in [0.2, 0.25) is 0 Å². The van der Waals surface area contributed by atoms with Crippen molar-refractivity contribution in [3.63, 3.8) is 0 Å². The second kappa shape index (κ2) is 16.6. The molecule has 2 atom stereocenters. The van der Waals surface area contributed by atoms with Crippen LogP contribution >= 0.6 is 0 Å². The first kappa shape index (κ1) is 40.1. The molecule has 0 saturated heterocycles. The van der Waals surface area contributed by atoms with Gasteiger partial charge < -0.3 is 25.2 Å². The Labute approximate surface area is 297 Å².